The SMILES string of the molecule is CCCC(CCCCN)COCC(=O)OC. The molecule has 0 aromatic rings. The van der Waals surface area contributed by atoms with E-state index in [1.165, 1.54) is 7.11 Å². The maximum absolute atomic E-state index is 10.8. The van der Waals surface area contributed by atoms with Gasteiger partial charge in [0.2, 0.25) is 0 Å². The maximum Gasteiger partial charge on any atom is 0.331 e. The van der Waals surface area contributed by atoms with Gasteiger partial charge in [0.15, 0.2) is 0 Å². The molecule has 16 heavy (non-hydrogen) atoms. The Labute approximate surface area is 98.5 Å². The Morgan fingerprint density at radius 1 is 1.31 bits per heavy atom. The maximum atomic E-state index is 10.8. The van der Waals surface area contributed by atoms with Crippen LogP contribution in [0.15, 0.2) is 0 Å². The molecule has 0 rings (SSSR count). The smallest absolute Gasteiger partial charge is 0.331 e. The van der Waals surface area contributed by atoms with Gasteiger partial charge in [0.1, 0.15) is 6.61 Å². The Hall–Kier alpha value is -0.610. The minimum absolute atomic E-state index is 0.0631. The van der Waals surface area contributed by atoms with Crippen LogP contribution >= 0.6 is 0 Å². The van der Waals surface area contributed by atoms with Gasteiger partial charge in [-0.05, 0) is 31.7 Å². The summed E-state index contributed by atoms with van der Waals surface area (Å²) < 4.78 is 9.84. The Bertz CT molecular complexity index is 174. The molecule has 0 aliphatic carbocycles. The van der Waals surface area contributed by atoms with Gasteiger partial charge in [-0.3, -0.25) is 0 Å². The van der Waals surface area contributed by atoms with E-state index in [-0.39, 0.29) is 12.6 Å². The van der Waals surface area contributed by atoms with Crippen molar-refractivity contribution >= 4 is 5.97 Å². The summed E-state index contributed by atoms with van der Waals surface area (Å²) in [4.78, 5) is 10.8. The van der Waals surface area contributed by atoms with Crippen LogP contribution in [0.3, 0.4) is 0 Å². The molecule has 0 saturated heterocycles. The number of unbranched alkanes of at least 4 members (excludes halogenated alkanes) is 1. The molecule has 0 aliphatic rings. The van der Waals surface area contributed by atoms with Crippen molar-refractivity contribution in [2.45, 2.75) is 39.0 Å². The van der Waals surface area contributed by atoms with Crippen molar-refractivity contribution in [2.75, 3.05) is 26.9 Å². The van der Waals surface area contributed by atoms with Gasteiger partial charge in [0, 0.05) is 0 Å². The highest BCUT2D eigenvalue weighted by Crippen LogP contribution is 2.15. The van der Waals surface area contributed by atoms with Crippen molar-refractivity contribution in [3.8, 4) is 0 Å². The summed E-state index contributed by atoms with van der Waals surface area (Å²) >= 11 is 0. The summed E-state index contributed by atoms with van der Waals surface area (Å²) in [5.41, 5.74) is 5.45. The van der Waals surface area contributed by atoms with Crippen molar-refractivity contribution in [2.24, 2.45) is 11.7 Å². The van der Waals surface area contributed by atoms with Crippen LogP contribution in [0.5, 0.6) is 0 Å². The van der Waals surface area contributed by atoms with Crippen LogP contribution < -0.4 is 5.73 Å². The molecule has 4 heteroatoms. The second-order valence-electron chi connectivity index (χ2n) is 4.03. The quantitative estimate of drug-likeness (QED) is 0.459. The van der Waals surface area contributed by atoms with Gasteiger partial charge in [-0.25, -0.2) is 4.79 Å². The number of ether oxygens (including phenoxy) is 2. The van der Waals surface area contributed by atoms with E-state index in [0.29, 0.717) is 12.5 Å². The van der Waals surface area contributed by atoms with Crippen molar-refractivity contribution in [3.63, 3.8) is 0 Å². The molecule has 0 aromatic carbocycles. The van der Waals surface area contributed by atoms with E-state index in [1.54, 1.807) is 0 Å². The first-order valence-electron chi connectivity index (χ1n) is 6.09. The largest absolute Gasteiger partial charge is 0.467 e. The molecule has 0 fully saturated rings. The standard InChI is InChI=1S/C12H25NO3/c1-3-6-11(7-4-5-8-13)9-16-10-12(14)15-2/h11H,3-10,13H2,1-2H3. The fourth-order valence-electron chi connectivity index (χ4n) is 1.66. The van der Waals surface area contributed by atoms with Crippen LogP contribution in [-0.2, 0) is 14.3 Å². The van der Waals surface area contributed by atoms with E-state index in [4.69, 9.17) is 10.5 Å². The number of carbonyl (C=O) groups excluding carboxylic acids is 1. The molecular weight excluding hydrogens is 206 g/mol. The number of hydrogen-bond acceptors (Lipinski definition) is 4. The average molecular weight is 231 g/mol. The third-order valence-electron chi connectivity index (χ3n) is 2.56. The van der Waals surface area contributed by atoms with E-state index >= 15 is 0 Å². The van der Waals surface area contributed by atoms with Crippen molar-refractivity contribution in [1.82, 2.24) is 0 Å². The van der Waals surface area contributed by atoms with E-state index in [1.807, 2.05) is 0 Å². The lowest BCUT2D eigenvalue weighted by atomic mass is 9.98. The second-order valence-corrected chi connectivity index (χ2v) is 4.03. The topological polar surface area (TPSA) is 61.5 Å². The number of methoxy groups -OCH3 is 1. The molecule has 0 spiro atoms. The van der Waals surface area contributed by atoms with Crippen molar-refractivity contribution < 1.29 is 14.3 Å². The van der Waals surface area contributed by atoms with E-state index in [9.17, 15) is 4.79 Å². The summed E-state index contributed by atoms with van der Waals surface area (Å²) in [5.74, 6) is 0.235. The fourth-order valence-corrected chi connectivity index (χ4v) is 1.66. The van der Waals surface area contributed by atoms with Gasteiger partial charge in [-0.15, -0.1) is 0 Å². The van der Waals surface area contributed by atoms with Crippen LogP contribution in [0.25, 0.3) is 0 Å². The van der Waals surface area contributed by atoms with E-state index < -0.39 is 0 Å². The molecule has 0 aliphatic heterocycles. The lowest BCUT2D eigenvalue weighted by Crippen LogP contribution is -2.16. The lowest BCUT2D eigenvalue weighted by molar-refractivity contribution is -0.146. The number of carbonyl (C=O) groups is 1. The van der Waals surface area contributed by atoms with Crippen LogP contribution in [-0.4, -0.2) is 32.8 Å². The molecule has 0 radical (unpaired) electrons. The Morgan fingerprint density at radius 2 is 2.06 bits per heavy atom. The molecule has 0 saturated carbocycles. The number of hydrogen-bond donors (Lipinski definition) is 1. The normalized spacial score (nSPS) is 12.4. The molecule has 0 aromatic heterocycles. The Morgan fingerprint density at radius 3 is 2.62 bits per heavy atom. The fraction of sp³-hybridized carbons (Fsp3) is 0.917. The lowest BCUT2D eigenvalue weighted by Gasteiger charge is -2.15. The Balaban J connectivity index is 3.62. The van der Waals surface area contributed by atoms with Crippen molar-refractivity contribution in [3.05, 3.63) is 0 Å². The van der Waals surface area contributed by atoms with Gasteiger partial charge in [0.25, 0.3) is 0 Å². The summed E-state index contributed by atoms with van der Waals surface area (Å²) in [5, 5.41) is 0. The minimum atomic E-state index is -0.308. The van der Waals surface area contributed by atoms with Gasteiger partial charge >= 0.3 is 5.97 Å². The zero-order valence-electron chi connectivity index (χ0n) is 10.5. The number of rotatable bonds is 10. The van der Waals surface area contributed by atoms with Gasteiger partial charge in [-0.2, -0.15) is 0 Å². The molecule has 0 amide bonds. The molecule has 96 valence electrons. The van der Waals surface area contributed by atoms with E-state index in [2.05, 4.69) is 11.7 Å². The molecule has 0 bridgehead atoms. The minimum Gasteiger partial charge on any atom is -0.467 e. The van der Waals surface area contributed by atoms with Crippen molar-refractivity contribution in [1.29, 1.82) is 0 Å². The van der Waals surface area contributed by atoms with E-state index in [0.717, 1.165) is 38.6 Å². The average Bonchev–Trinajstić information content (AvgIpc) is 2.29. The highest BCUT2D eigenvalue weighted by molar-refractivity contribution is 5.70. The van der Waals surface area contributed by atoms with Crippen LogP contribution in [0.4, 0.5) is 0 Å². The van der Waals surface area contributed by atoms with Crippen LogP contribution in [0.1, 0.15) is 39.0 Å². The molecule has 4 nitrogen and oxygen atoms in total. The first-order chi connectivity index (χ1) is 7.74. The third kappa shape index (κ3) is 8.68. The number of esters is 1. The molecular formula is C12H25NO3. The van der Waals surface area contributed by atoms with Crippen LogP contribution in [0.2, 0.25) is 0 Å². The summed E-state index contributed by atoms with van der Waals surface area (Å²) in [6.07, 6.45) is 5.63. The first-order valence-corrected chi connectivity index (χ1v) is 6.09. The van der Waals surface area contributed by atoms with Gasteiger partial charge in [-0.1, -0.05) is 19.8 Å². The predicted octanol–water partition coefficient (Wildman–Crippen LogP) is 1.72. The molecule has 0 heterocycles. The molecule has 1 unspecified atom stereocenters. The van der Waals surface area contributed by atoms with Crippen LogP contribution in [0, 0.1) is 5.92 Å². The first kappa shape index (κ1) is 15.4. The third-order valence-corrected chi connectivity index (χ3v) is 2.56. The molecule has 2 N–H and O–H groups in total. The molecule has 1 atom stereocenters. The summed E-state index contributed by atoms with van der Waals surface area (Å²) in [6.45, 7) is 3.62. The Kier molecular flexibility index (Phi) is 10.5. The second kappa shape index (κ2) is 10.9. The predicted molar refractivity (Wildman–Crippen MR) is 64.1 cm³/mol. The highest BCUT2D eigenvalue weighted by atomic mass is 16.6. The highest BCUT2D eigenvalue weighted by Gasteiger charge is 2.09. The summed E-state index contributed by atoms with van der Waals surface area (Å²) in [7, 11) is 1.37. The summed E-state index contributed by atoms with van der Waals surface area (Å²) in [6, 6.07) is 0. The van der Waals surface area contributed by atoms with Gasteiger partial charge in [0.05, 0.1) is 13.7 Å². The monoisotopic (exact) mass is 231 g/mol. The van der Waals surface area contributed by atoms with Gasteiger partial charge < -0.3 is 15.2 Å². The zero-order chi connectivity index (χ0) is 12.2. The zero-order valence-corrected chi connectivity index (χ0v) is 10.5. The number of nitrogens with two attached hydrogens (primary N) is 1.